The molecule has 0 saturated carbocycles. The first-order chi connectivity index (χ1) is 16.4. The van der Waals surface area contributed by atoms with Crippen molar-refractivity contribution in [3.8, 4) is 6.07 Å². The molecular weight excluding hydrogens is 438 g/mol. The summed E-state index contributed by atoms with van der Waals surface area (Å²) < 4.78 is 5.97. The van der Waals surface area contributed by atoms with E-state index >= 15 is 0 Å². The highest BCUT2D eigenvalue weighted by Crippen LogP contribution is 2.41. The van der Waals surface area contributed by atoms with Crippen LogP contribution in [0.4, 0.5) is 0 Å². The molecular formula is C27H31N5OSi. The molecule has 1 aromatic heterocycles. The summed E-state index contributed by atoms with van der Waals surface area (Å²) in [4.78, 5) is 15.7. The van der Waals surface area contributed by atoms with Crippen LogP contribution in [0.15, 0.2) is 65.0 Å². The van der Waals surface area contributed by atoms with Gasteiger partial charge in [-0.1, -0.05) is 50.0 Å². The smallest absolute Gasteiger partial charge is 0.123 e. The first-order valence-corrected chi connectivity index (χ1v) is 15.6. The molecule has 0 amide bonds. The number of nitriles is 1. The quantitative estimate of drug-likeness (QED) is 0.428. The Hall–Kier alpha value is -3.08. The average molecular weight is 470 g/mol. The van der Waals surface area contributed by atoms with Gasteiger partial charge in [0.2, 0.25) is 0 Å². The van der Waals surface area contributed by atoms with Crippen molar-refractivity contribution in [2.75, 3.05) is 13.3 Å². The molecule has 3 aliphatic rings. The Bertz CT molecular complexity index is 1180. The molecule has 3 atom stereocenters. The number of amidine groups is 1. The maximum Gasteiger partial charge on any atom is 0.123 e. The van der Waals surface area contributed by atoms with Gasteiger partial charge in [-0.2, -0.15) is 5.26 Å². The second-order valence-corrected chi connectivity index (χ2v) is 16.3. The number of hydrogen-bond acceptors (Lipinski definition) is 6. The Kier molecular flexibility index (Phi) is 5.96. The van der Waals surface area contributed by atoms with E-state index in [0.29, 0.717) is 13.2 Å². The Balaban J connectivity index is 1.32. The van der Waals surface area contributed by atoms with Gasteiger partial charge in [-0.3, -0.25) is 9.98 Å². The molecule has 2 aliphatic heterocycles. The molecule has 0 radical (unpaired) electrons. The van der Waals surface area contributed by atoms with Crippen molar-refractivity contribution in [3.63, 3.8) is 0 Å². The van der Waals surface area contributed by atoms with Crippen molar-refractivity contribution in [2.24, 2.45) is 15.9 Å². The number of nitrogens with zero attached hydrogens (tertiary/aromatic N) is 5. The second kappa shape index (κ2) is 8.93. The molecule has 1 aliphatic carbocycles. The fourth-order valence-electron chi connectivity index (χ4n) is 5.03. The lowest BCUT2D eigenvalue weighted by molar-refractivity contribution is 0.0936. The molecule has 0 fully saturated rings. The Morgan fingerprint density at radius 3 is 2.85 bits per heavy atom. The predicted octanol–water partition coefficient (Wildman–Crippen LogP) is 4.88. The minimum atomic E-state index is -1.11. The zero-order chi connectivity index (χ0) is 23.8. The van der Waals surface area contributed by atoms with Gasteiger partial charge in [-0.15, -0.1) is 0 Å². The first kappa shape index (κ1) is 22.7. The molecule has 174 valence electrons. The Labute approximate surface area is 202 Å². The lowest BCUT2D eigenvalue weighted by Crippen LogP contribution is -2.33. The van der Waals surface area contributed by atoms with Crippen LogP contribution in [0.25, 0.3) is 0 Å². The molecule has 0 saturated heterocycles. The fraction of sp³-hybridized carbons (Fsp3) is 0.407. The van der Waals surface area contributed by atoms with E-state index in [1.807, 2.05) is 18.5 Å². The number of rotatable bonds is 7. The van der Waals surface area contributed by atoms with E-state index in [0.717, 1.165) is 36.0 Å². The van der Waals surface area contributed by atoms with Gasteiger partial charge in [0.25, 0.3) is 0 Å². The first-order valence-electron chi connectivity index (χ1n) is 11.9. The van der Waals surface area contributed by atoms with Gasteiger partial charge in [0, 0.05) is 33.3 Å². The third-order valence-electron chi connectivity index (χ3n) is 7.03. The zero-order valence-electron chi connectivity index (χ0n) is 20.1. The number of benzene rings is 1. The molecule has 5 rings (SSSR count). The number of aliphatic imine (C=N–C) groups is 2. The molecule has 7 heteroatoms. The largest absolute Gasteiger partial charge is 0.361 e. The average Bonchev–Trinajstić information content (AvgIpc) is 3.43. The van der Waals surface area contributed by atoms with Crippen LogP contribution < -0.4 is 0 Å². The maximum absolute atomic E-state index is 10.2. The van der Waals surface area contributed by atoms with Crippen LogP contribution in [0.1, 0.15) is 28.3 Å². The second-order valence-electron chi connectivity index (χ2n) is 10.7. The molecule has 0 bridgehead atoms. The lowest BCUT2D eigenvalue weighted by Gasteiger charge is -2.28. The van der Waals surface area contributed by atoms with E-state index in [1.165, 1.54) is 11.1 Å². The molecule has 2 aromatic rings. The Morgan fingerprint density at radius 1 is 1.21 bits per heavy atom. The van der Waals surface area contributed by atoms with E-state index in [1.54, 1.807) is 6.34 Å². The summed E-state index contributed by atoms with van der Waals surface area (Å²) in [5, 5.41) is 10.2. The summed E-state index contributed by atoms with van der Waals surface area (Å²) in [6.45, 7) is 8.38. The van der Waals surface area contributed by atoms with Gasteiger partial charge in [-0.25, -0.2) is 4.99 Å². The molecule has 0 spiro atoms. The highest BCUT2D eigenvalue weighted by molar-refractivity contribution is 6.76. The van der Waals surface area contributed by atoms with Gasteiger partial charge in [-0.05, 0) is 47.2 Å². The number of aromatic nitrogens is 1. The monoisotopic (exact) mass is 469 g/mol. The number of hydrogen-bond donors (Lipinski definition) is 0. The van der Waals surface area contributed by atoms with Crippen molar-refractivity contribution >= 4 is 20.2 Å². The topological polar surface area (TPSA) is 73.9 Å². The molecule has 34 heavy (non-hydrogen) atoms. The predicted molar refractivity (Wildman–Crippen MR) is 137 cm³/mol. The van der Waals surface area contributed by atoms with Crippen LogP contribution in [-0.4, -0.2) is 43.5 Å². The zero-order valence-corrected chi connectivity index (χ0v) is 21.1. The van der Waals surface area contributed by atoms with Gasteiger partial charge < -0.3 is 9.64 Å². The summed E-state index contributed by atoms with van der Waals surface area (Å²) in [5.41, 5.74) is 3.99. The molecule has 0 N–H and O–H groups in total. The van der Waals surface area contributed by atoms with Crippen molar-refractivity contribution < 1.29 is 4.74 Å². The maximum atomic E-state index is 10.2. The number of pyridine rings is 1. The van der Waals surface area contributed by atoms with Crippen LogP contribution in [0.3, 0.4) is 0 Å². The normalized spacial score (nSPS) is 25.1. The molecule has 3 heterocycles. The minimum absolute atomic E-state index is 0.0585. The van der Waals surface area contributed by atoms with Gasteiger partial charge in [0.05, 0.1) is 23.4 Å². The van der Waals surface area contributed by atoms with E-state index in [9.17, 15) is 5.26 Å². The SMILES string of the molecule is C[Si](C)(C)CCOCN1C=CC2C1=NC=NC2c1cccc(C2(C#N)Cc3ccncc3C2)c1. The third kappa shape index (κ3) is 4.36. The van der Waals surface area contributed by atoms with Crippen molar-refractivity contribution in [1.82, 2.24) is 9.88 Å². The molecule has 3 unspecified atom stereocenters. The van der Waals surface area contributed by atoms with Crippen LogP contribution in [0.2, 0.25) is 25.7 Å². The van der Waals surface area contributed by atoms with Gasteiger partial charge in [0.1, 0.15) is 18.9 Å². The summed E-state index contributed by atoms with van der Waals surface area (Å²) in [6.07, 6.45) is 11.0. The number of ether oxygens (including phenoxy) is 1. The number of fused-ring (bicyclic) bond motifs is 2. The lowest BCUT2D eigenvalue weighted by atomic mass is 9.77. The van der Waals surface area contributed by atoms with Crippen LogP contribution in [0, 0.1) is 17.2 Å². The summed E-state index contributed by atoms with van der Waals surface area (Å²) in [6, 6.07) is 14.2. The van der Waals surface area contributed by atoms with Gasteiger partial charge >= 0.3 is 0 Å². The highest BCUT2D eigenvalue weighted by Gasteiger charge is 2.40. The molecule has 1 aromatic carbocycles. The van der Waals surface area contributed by atoms with Crippen LogP contribution >= 0.6 is 0 Å². The fourth-order valence-corrected chi connectivity index (χ4v) is 5.78. The van der Waals surface area contributed by atoms with Crippen LogP contribution in [-0.2, 0) is 23.0 Å². The minimum Gasteiger partial charge on any atom is -0.361 e. The summed E-state index contributed by atoms with van der Waals surface area (Å²) in [5.74, 6) is 1.05. The third-order valence-corrected chi connectivity index (χ3v) is 8.74. The molecule has 6 nitrogen and oxygen atoms in total. The van der Waals surface area contributed by atoms with Crippen molar-refractivity contribution in [3.05, 3.63) is 77.3 Å². The van der Waals surface area contributed by atoms with Crippen LogP contribution in [0.5, 0.6) is 0 Å². The Morgan fingerprint density at radius 2 is 2.06 bits per heavy atom. The van der Waals surface area contributed by atoms with Crippen molar-refractivity contribution in [1.29, 1.82) is 5.26 Å². The van der Waals surface area contributed by atoms with Crippen molar-refractivity contribution in [2.45, 2.75) is 50.0 Å². The van der Waals surface area contributed by atoms with Gasteiger partial charge in [0.15, 0.2) is 0 Å². The van der Waals surface area contributed by atoms with E-state index < -0.39 is 13.5 Å². The highest BCUT2D eigenvalue weighted by atomic mass is 28.3. The summed E-state index contributed by atoms with van der Waals surface area (Å²) >= 11 is 0. The summed E-state index contributed by atoms with van der Waals surface area (Å²) in [7, 11) is -1.11. The van der Waals surface area contributed by atoms with E-state index in [2.05, 4.69) is 77.1 Å². The van der Waals surface area contributed by atoms with E-state index in [-0.39, 0.29) is 12.0 Å². The van der Waals surface area contributed by atoms with E-state index in [4.69, 9.17) is 9.73 Å². The standard InChI is InChI=1S/C27H31N5OSi/c1-34(2,3)12-11-33-19-32-10-8-24-25(30-18-31-26(24)32)20-5-4-6-23(13-20)27(17-28)14-21-7-9-29-16-22(21)15-27/h4-10,13,16,18,24-25H,11-12,14-15,19H2,1-3H3.